The Morgan fingerprint density at radius 3 is 2.46 bits per heavy atom. The monoisotopic (exact) mass is 358 g/mol. The van der Waals surface area contributed by atoms with Gasteiger partial charge in [0.25, 0.3) is 0 Å². The summed E-state index contributed by atoms with van der Waals surface area (Å²) in [6.07, 6.45) is 0.579. The number of amides is 2. The summed E-state index contributed by atoms with van der Waals surface area (Å²) in [6.45, 7) is 0.409. The lowest BCUT2D eigenvalue weighted by molar-refractivity contribution is 0.0600. The number of ether oxygens (including phenoxy) is 3. The molecule has 0 fully saturated rings. The lowest BCUT2D eigenvalue weighted by atomic mass is 10.1. The fourth-order valence-corrected chi connectivity index (χ4v) is 2.48. The molecular weight excluding hydrogens is 336 g/mol. The quantitative estimate of drug-likeness (QED) is 0.744. The van der Waals surface area contributed by atoms with Crippen molar-refractivity contribution < 1.29 is 23.8 Å². The van der Waals surface area contributed by atoms with Crippen LogP contribution in [0.1, 0.15) is 15.9 Å². The van der Waals surface area contributed by atoms with E-state index in [9.17, 15) is 9.59 Å². The number of nitrogens with one attached hydrogen (secondary N) is 2. The van der Waals surface area contributed by atoms with Crippen LogP contribution in [0.2, 0.25) is 0 Å². The van der Waals surface area contributed by atoms with E-state index in [0.29, 0.717) is 35.7 Å². The fraction of sp³-hybridized carbons (Fsp3) is 0.263. The highest BCUT2D eigenvalue weighted by Gasteiger charge is 2.10. The number of hydrogen-bond acceptors (Lipinski definition) is 5. The first-order valence-corrected chi connectivity index (χ1v) is 8.02. The third-order valence-corrected chi connectivity index (χ3v) is 3.71. The van der Waals surface area contributed by atoms with Gasteiger partial charge < -0.3 is 24.8 Å². The summed E-state index contributed by atoms with van der Waals surface area (Å²) in [5.41, 5.74) is 1.80. The van der Waals surface area contributed by atoms with Crippen LogP contribution in [0.4, 0.5) is 10.5 Å². The summed E-state index contributed by atoms with van der Waals surface area (Å²) in [5, 5.41) is 5.45. The summed E-state index contributed by atoms with van der Waals surface area (Å²) in [4.78, 5) is 23.6. The molecule has 7 heteroatoms. The largest absolute Gasteiger partial charge is 0.493 e. The molecule has 0 saturated carbocycles. The molecule has 7 nitrogen and oxygen atoms in total. The first kappa shape index (κ1) is 19.1. The molecule has 138 valence electrons. The Hall–Kier alpha value is -3.22. The van der Waals surface area contributed by atoms with Crippen LogP contribution in [0.3, 0.4) is 0 Å². The molecule has 0 atom stereocenters. The number of carbonyl (C=O) groups is 2. The third-order valence-electron chi connectivity index (χ3n) is 3.71. The molecule has 0 aliphatic heterocycles. The zero-order chi connectivity index (χ0) is 18.9. The molecule has 0 aliphatic carbocycles. The van der Waals surface area contributed by atoms with Crippen LogP contribution in [0.15, 0.2) is 42.5 Å². The van der Waals surface area contributed by atoms with E-state index in [-0.39, 0.29) is 6.03 Å². The maximum Gasteiger partial charge on any atom is 0.337 e. The van der Waals surface area contributed by atoms with E-state index in [0.717, 1.165) is 5.56 Å². The molecule has 0 aliphatic rings. The zero-order valence-corrected chi connectivity index (χ0v) is 15.0. The highest BCUT2D eigenvalue weighted by molar-refractivity contribution is 5.93. The molecule has 0 aromatic heterocycles. The predicted molar refractivity (Wildman–Crippen MR) is 98.1 cm³/mol. The molecule has 0 heterocycles. The maximum absolute atomic E-state index is 12.0. The molecule has 0 saturated heterocycles. The standard InChI is InChI=1S/C19H22N2O5/c1-24-16-9-5-6-13(17(16)25-2)10-11-20-19(23)21-15-8-4-7-14(12-15)18(22)26-3/h4-9,12H,10-11H2,1-3H3,(H2,20,21,23). The number of esters is 1. The Labute approximate surface area is 152 Å². The Morgan fingerprint density at radius 1 is 1.00 bits per heavy atom. The van der Waals surface area contributed by atoms with Crippen molar-refractivity contribution in [2.75, 3.05) is 33.2 Å². The Kier molecular flexibility index (Phi) is 6.84. The van der Waals surface area contributed by atoms with Crippen LogP contribution in [0, 0.1) is 0 Å². The van der Waals surface area contributed by atoms with Gasteiger partial charge in [0.15, 0.2) is 11.5 Å². The van der Waals surface area contributed by atoms with Crippen LogP contribution in [0.5, 0.6) is 11.5 Å². The van der Waals surface area contributed by atoms with Gasteiger partial charge in [0.1, 0.15) is 0 Å². The molecule has 0 radical (unpaired) electrons. The van der Waals surface area contributed by atoms with E-state index < -0.39 is 5.97 Å². The lowest BCUT2D eigenvalue weighted by Crippen LogP contribution is -2.30. The molecule has 2 aromatic rings. The first-order valence-electron chi connectivity index (χ1n) is 8.02. The van der Waals surface area contributed by atoms with Gasteiger partial charge in [0.2, 0.25) is 0 Å². The van der Waals surface area contributed by atoms with Gasteiger partial charge in [0, 0.05) is 12.2 Å². The van der Waals surface area contributed by atoms with Gasteiger partial charge in [-0.1, -0.05) is 18.2 Å². The molecule has 2 N–H and O–H groups in total. The van der Waals surface area contributed by atoms with Crippen molar-refractivity contribution in [1.82, 2.24) is 5.32 Å². The summed E-state index contributed by atoms with van der Waals surface area (Å²) in [7, 11) is 4.47. The summed E-state index contributed by atoms with van der Waals surface area (Å²) < 4.78 is 15.3. The van der Waals surface area contributed by atoms with Crippen LogP contribution < -0.4 is 20.1 Å². The fourth-order valence-electron chi connectivity index (χ4n) is 2.48. The zero-order valence-electron chi connectivity index (χ0n) is 15.0. The normalized spacial score (nSPS) is 9.96. The van der Waals surface area contributed by atoms with Gasteiger partial charge in [-0.05, 0) is 36.2 Å². The first-order chi connectivity index (χ1) is 12.6. The Morgan fingerprint density at radius 2 is 1.77 bits per heavy atom. The van der Waals surface area contributed by atoms with Crippen molar-refractivity contribution in [1.29, 1.82) is 0 Å². The average Bonchev–Trinajstić information content (AvgIpc) is 2.67. The van der Waals surface area contributed by atoms with E-state index in [2.05, 4.69) is 15.4 Å². The third kappa shape index (κ3) is 4.89. The smallest absolute Gasteiger partial charge is 0.337 e. The Bertz CT molecular complexity index is 776. The molecule has 0 unspecified atom stereocenters. The number of para-hydroxylation sites is 1. The molecule has 2 amide bonds. The molecule has 26 heavy (non-hydrogen) atoms. The van der Waals surface area contributed by atoms with Crippen molar-refractivity contribution in [3.05, 3.63) is 53.6 Å². The number of hydrogen-bond donors (Lipinski definition) is 2. The van der Waals surface area contributed by atoms with E-state index >= 15 is 0 Å². The number of rotatable bonds is 7. The minimum atomic E-state index is -0.459. The van der Waals surface area contributed by atoms with Gasteiger partial charge in [-0.2, -0.15) is 0 Å². The van der Waals surface area contributed by atoms with E-state index in [1.54, 1.807) is 38.5 Å². The van der Waals surface area contributed by atoms with Crippen molar-refractivity contribution in [2.24, 2.45) is 0 Å². The number of urea groups is 1. The van der Waals surface area contributed by atoms with Gasteiger partial charge in [-0.15, -0.1) is 0 Å². The highest BCUT2D eigenvalue weighted by Crippen LogP contribution is 2.30. The van der Waals surface area contributed by atoms with E-state index in [1.807, 2.05) is 18.2 Å². The van der Waals surface area contributed by atoms with Crippen LogP contribution in [-0.4, -0.2) is 39.9 Å². The van der Waals surface area contributed by atoms with Crippen molar-refractivity contribution in [3.63, 3.8) is 0 Å². The molecule has 2 rings (SSSR count). The average molecular weight is 358 g/mol. The summed E-state index contributed by atoms with van der Waals surface area (Å²) >= 11 is 0. The van der Waals surface area contributed by atoms with Crippen LogP contribution in [-0.2, 0) is 11.2 Å². The molecular formula is C19H22N2O5. The SMILES string of the molecule is COC(=O)c1cccc(NC(=O)NCCc2cccc(OC)c2OC)c1. The summed E-state index contributed by atoms with van der Waals surface area (Å²) in [6, 6.07) is 11.8. The molecule has 2 aromatic carbocycles. The van der Waals surface area contributed by atoms with Gasteiger partial charge in [-0.3, -0.25) is 0 Å². The van der Waals surface area contributed by atoms with Crippen LogP contribution in [0.25, 0.3) is 0 Å². The highest BCUT2D eigenvalue weighted by atomic mass is 16.5. The molecule has 0 spiro atoms. The van der Waals surface area contributed by atoms with Crippen molar-refractivity contribution >= 4 is 17.7 Å². The Balaban J connectivity index is 1.91. The minimum absolute atomic E-state index is 0.367. The van der Waals surface area contributed by atoms with Gasteiger partial charge in [-0.25, -0.2) is 9.59 Å². The predicted octanol–water partition coefficient (Wildman–Crippen LogP) is 2.85. The topological polar surface area (TPSA) is 85.9 Å². The number of methoxy groups -OCH3 is 3. The lowest BCUT2D eigenvalue weighted by Gasteiger charge is -2.13. The minimum Gasteiger partial charge on any atom is -0.493 e. The van der Waals surface area contributed by atoms with E-state index in [1.165, 1.54) is 7.11 Å². The number of anilines is 1. The van der Waals surface area contributed by atoms with Crippen LogP contribution >= 0.6 is 0 Å². The van der Waals surface area contributed by atoms with Gasteiger partial charge >= 0.3 is 12.0 Å². The van der Waals surface area contributed by atoms with Gasteiger partial charge in [0.05, 0.1) is 26.9 Å². The second kappa shape index (κ2) is 9.31. The number of carbonyl (C=O) groups excluding carboxylic acids is 2. The van der Waals surface area contributed by atoms with E-state index in [4.69, 9.17) is 9.47 Å². The van der Waals surface area contributed by atoms with Crippen molar-refractivity contribution in [2.45, 2.75) is 6.42 Å². The summed E-state index contributed by atoms with van der Waals surface area (Å²) in [5.74, 6) is 0.844. The number of benzene rings is 2. The van der Waals surface area contributed by atoms with Crippen molar-refractivity contribution in [3.8, 4) is 11.5 Å². The second-order valence-corrected chi connectivity index (χ2v) is 5.36. The molecule has 0 bridgehead atoms. The maximum atomic E-state index is 12.0. The second-order valence-electron chi connectivity index (χ2n) is 5.36.